The minimum Gasteiger partial charge on any atom is -0.454 e. The van der Waals surface area contributed by atoms with Crippen molar-refractivity contribution in [1.82, 2.24) is 4.90 Å². The van der Waals surface area contributed by atoms with Crippen molar-refractivity contribution in [2.24, 2.45) is 5.92 Å². The maximum Gasteiger partial charge on any atom is 0.434 e. The summed E-state index contributed by atoms with van der Waals surface area (Å²) in [6.07, 6.45) is -16.7. The van der Waals surface area contributed by atoms with Crippen LogP contribution in [0, 0.1) is 5.92 Å². The minimum atomic E-state index is -5.76. The molecule has 0 saturated carbocycles. The molecule has 5 rings (SSSR count). The molecule has 1 amide bonds. The van der Waals surface area contributed by atoms with Crippen LogP contribution in [0.1, 0.15) is 42.0 Å². The van der Waals surface area contributed by atoms with Gasteiger partial charge in [-0.2, -0.15) is 26.3 Å². The Labute approximate surface area is 214 Å². The molecular formula is C26H25F6NO5. The summed E-state index contributed by atoms with van der Waals surface area (Å²) in [5.41, 5.74) is 3.42. The number of halogens is 6. The molecule has 0 N–H and O–H groups in total. The second-order valence-corrected chi connectivity index (χ2v) is 9.86. The highest BCUT2D eigenvalue weighted by Gasteiger charge is 2.60. The predicted octanol–water partition coefficient (Wildman–Crippen LogP) is 6.09. The molecule has 12 heteroatoms. The normalized spacial score (nSPS) is 19.4. The molecule has 2 aromatic rings. The van der Waals surface area contributed by atoms with Crippen molar-refractivity contribution in [3.8, 4) is 11.5 Å². The van der Waals surface area contributed by atoms with Crippen LogP contribution in [0.4, 0.5) is 31.1 Å². The quantitative estimate of drug-likeness (QED) is 0.435. The molecule has 0 radical (unpaired) electrons. The van der Waals surface area contributed by atoms with E-state index in [2.05, 4.69) is 10.8 Å². The summed E-state index contributed by atoms with van der Waals surface area (Å²) in [4.78, 5) is 13.2. The number of hydrogen-bond acceptors (Lipinski definition) is 5. The summed E-state index contributed by atoms with van der Waals surface area (Å²) < 4.78 is 97.8. The summed E-state index contributed by atoms with van der Waals surface area (Å²) in [5.74, 6) is 1.10. The Kier molecular flexibility index (Phi) is 6.65. The SMILES string of the molecule is CC(c1ccc2c(c1)COC2)(c1ccc2c(c1)OCO2)C1CCN(C(=O)OC(C(F)(F)F)C(F)(F)F)CC1. The molecule has 1 atom stereocenters. The molecule has 2 aromatic carbocycles. The zero-order valence-electron chi connectivity index (χ0n) is 20.3. The zero-order chi connectivity index (χ0) is 27.3. The van der Waals surface area contributed by atoms with E-state index >= 15 is 0 Å². The monoisotopic (exact) mass is 545 g/mol. The van der Waals surface area contributed by atoms with Gasteiger partial charge in [0.25, 0.3) is 6.10 Å². The molecule has 1 saturated heterocycles. The van der Waals surface area contributed by atoms with Gasteiger partial charge in [-0.1, -0.05) is 31.2 Å². The highest BCUT2D eigenvalue weighted by atomic mass is 19.4. The van der Waals surface area contributed by atoms with Gasteiger partial charge in [-0.05, 0) is 53.1 Å². The lowest BCUT2D eigenvalue weighted by molar-refractivity contribution is -0.308. The first-order valence-corrected chi connectivity index (χ1v) is 12.1. The predicted molar refractivity (Wildman–Crippen MR) is 121 cm³/mol. The molecule has 1 fully saturated rings. The number of fused-ring (bicyclic) bond motifs is 2. The molecule has 0 aromatic heterocycles. The first kappa shape index (κ1) is 26.5. The summed E-state index contributed by atoms with van der Waals surface area (Å²) in [6.45, 7) is 3.03. The highest BCUT2D eigenvalue weighted by molar-refractivity contribution is 5.68. The fourth-order valence-electron chi connectivity index (χ4n) is 5.49. The van der Waals surface area contributed by atoms with E-state index in [4.69, 9.17) is 14.2 Å². The van der Waals surface area contributed by atoms with Gasteiger partial charge in [0.05, 0.1) is 13.2 Å². The Morgan fingerprint density at radius 2 is 1.50 bits per heavy atom. The lowest BCUT2D eigenvalue weighted by atomic mass is 9.64. The molecule has 3 aliphatic heterocycles. The Bertz CT molecular complexity index is 1130. The fraction of sp³-hybridized carbons (Fsp3) is 0.500. The molecule has 3 aliphatic rings. The zero-order valence-corrected chi connectivity index (χ0v) is 20.3. The molecule has 38 heavy (non-hydrogen) atoms. The highest BCUT2D eigenvalue weighted by Crippen LogP contribution is 2.47. The van der Waals surface area contributed by atoms with E-state index in [0.717, 1.165) is 27.2 Å². The van der Waals surface area contributed by atoms with Crippen molar-refractivity contribution in [1.29, 1.82) is 0 Å². The third-order valence-electron chi connectivity index (χ3n) is 7.68. The number of likely N-dealkylation sites (tertiary alicyclic amines) is 1. The second-order valence-electron chi connectivity index (χ2n) is 9.86. The topological polar surface area (TPSA) is 57.2 Å². The van der Waals surface area contributed by atoms with Crippen LogP contribution in [0.15, 0.2) is 36.4 Å². The third-order valence-corrected chi connectivity index (χ3v) is 7.68. The lowest BCUT2D eigenvalue weighted by Crippen LogP contribution is -2.50. The maximum absolute atomic E-state index is 12.9. The van der Waals surface area contributed by atoms with Gasteiger partial charge in [0.1, 0.15) is 0 Å². The number of alkyl halides is 6. The van der Waals surface area contributed by atoms with E-state index in [-0.39, 0.29) is 25.8 Å². The van der Waals surface area contributed by atoms with E-state index in [1.807, 2.05) is 37.3 Å². The van der Waals surface area contributed by atoms with Crippen molar-refractivity contribution in [2.45, 2.75) is 56.9 Å². The first-order chi connectivity index (χ1) is 17.9. The summed E-state index contributed by atoms with van der Waals surface area (Å²) >= 11 is 0. The second kappa shape index (κ2) is 9.55. The fourth-order valence-corrected chi connectivity index (χ4v) is 5.49. The van der Waals surface area contributed by atoms with Crippen molar-refractivity contribution in [3.05, 3.63) is 58.7 Å². The Morgan fingerprint density at radius 3 is 2.18 bits per heavy atom. The smallest absolute Gasteiger partial charge is 0.434 e. The van der Waals surface area contributed by atoms with Crippen LogP contribution in [-0.2, 0) is 28.1 Å². The third kappa shape index (κ3) is 4.85. The van der Waals surface area contributed by atoms with E-state index in [0.29, 0.717) is 37.6 Å². The van der Waals surface area contributed by atoms with Crippen molar-refractivity contribution in [3.63, 3.8) is 0 Å². The molecule has 3 heterocycles. The van der Waals surface area contributed by atoms with Gasteiger partial charge in [0.15, 0.2) is 11.5 Å². The van der Waals surface area contributed by atoms with Gasteiger partial charge in [-0.3, -0.25) is 0 Å². The van der Waals surface area contributed by atoms with Gasteiger partial charge in [-0.15, -0.1) is 0 Å². The van der Waals surface area contributed by atoms with Crippen LogP contribution < -0.4 is 9.47 Å². The number of amides is 1. The van der Waals surface area contributed by atoms with Crippen LogP contribution in [-0.4, -0.2) is 49.3 Å². The van der Waals surface area contributed by atoms with Crippen LogP contribution in [0.5, 0.6) is 11.5 Å². The van der Waals surface area contributed by atoms with E-state index in [1.54, 1.807) is 0 Å². The number of piperidine rings is 1. The maximum atomic E-state index is 12.9. The molecular weight excluding hydrogens is 520 g/mol. The minimum absolute atomic E-state index is 0.0554. The average molecular weight is 545 g/mol. The van der Waals surface area contributed by atoms with Crippen LogP contribution in [0.3, 0.4) is 0 Å². The van der Waals surface area contributed by atoms with E-state index in [9.17, 15) is 31.1 Å². The number of carbonyl (C=O) groups excluding carboxylic acids is 1. The molecule has 0 spiro atoms. The number of rotatable bonds is 4. The Morgan fingerprint density at radius 1 is 0.895 bits per heavy atom. The Balaban J connectivity index is 1.39. The first-order valence-electron chi connectivity index (χ1n) is 12.1. The molecule has 0 bridgehead atoms. The number of benzene rings is 2. The van der Waals surface area contributed by atoms with Gasteiger partial charge in [-0.25, -0.2) is 4.79 Å². The lowest BCUT2D eigenvalue weighted by Gasteiger charge is -2.43. The van der Waals surface area contributed by atoms with Gasteiger partial charge in [0.2, 0.25) is 6.79 Å². The number of ether oxygens (including phenoxy) is 4. The molecule has 6 nitrogen and oxygen atoms in total. The van der Waals surface area contributed by atoms with Crippen LogP contribution >= 0.6 is 0 Å². The van der Waals surface area contributed by atoms with Gasteiger partial charge >= 0.3 is 18.4 Å². The van der Waals surface area contributed by atoms with Gasteiger partial charge < -0.3 is 23.8 Å². The average Bonchev–Trinajstić information content (AvgIpc) is 3.53. The van der Waals surface area contributed by atoms with Crippen molar-refractivity contribution < 1.29 is 50.1 Å². The van der Waals surface area contributed by atoms with Gasteiger partial charge in [0, 0.05) is 18.5 Å². The summed E-state index contributed by atoms with van der Waals surface area (Å²) in [6, 6.07) is 11.7. The molecule has 1 unspecified atom stereocenters. The number of hydrogen-bond donors (Lipinski definition) is 0. The number of nitrogens with zero attached hydrogens (tertiary/aromatic N) is 1. The van der Waals surface area contributed by atoms with E-state index in [1.165, 1.54) is 0 Å². The van der Waals surface area contributed by atoms with Crippen molar-refractivity contribution in [2.75, 3.05) is 19.9 Å². The summed E-state index contributed by atoms with van der Waals surface area (Å²) in [5, 5.41) is 0. The summed E-state index contributed by atoms with van der Waals surface area (Å²) in [7, 11) is 0. The molecule has 0 aliphatic carbocycles. The van der Waals surface area contributed by atoms with Crippen LogP contribution in [0.25, 0.3) is 0 Å². The standard InChI is InChI=1S/C26H25F6NO5/c1-24(18-3-2-15-12-35-13-16(15)10-18,19-4-5-20-21(11-19)37-14-36-20)17-6-8-33(9-7-17)23(34)38-22(25(27,28)29)26(30,31)32/h2-5,10-11,17,22H,6-9,12-14H2,1H3. The number of carbonyl (C=O) groups is 1. The molecule has 206 valence electrons. The van der Waals surface area contributed by atoms with Crippen molar-refractivity contribution >= 4 is 6.09 Å². The van der Waals surface area contributed by atoms with Crippen LogP contribution in [0.2, 0.25) is 0 Å². The van der Waals surface area contributed by atoms with E-state index < -0.39 is 30.0 Å². The largest absolute Gasteiger partial charge is 0.454 e. The Hall–Kier alpha value is -3.15.